The van der Waals surface area contributed by atoms with E-state index < -0.39 is 6.10 Å². The summed E-state index contributed by atoms with van der Waals surface area (Å²) in [7, 11) is 0. The average molecular weight is 402 g/mol. The molecule has 1 N–H and O–H groups in total. The molecule has 0 aliphatic carbocycles. The number of carbonyl (C=O) groups is 1. The van der Waals surface area contributed by atoms with Crippen LogP contribution in [0.15, 0.2) is 33.5 Å². The molecule has 2 aromatic rings. The first kappa shape index (κ1) is 21.3. The van der Waals surface area contributed by atoms with Gasteiger partial charge in [-0.15, -0.1) is 0 Å². The fraction of sp³-hybridized carbons (Fsp3) is 0.545. The molecule has 0 bridgehead atoms. The van der Waals surface area contributed by atoms with Crippen molar-refractivity contribution in [2.75, 3.05) is 39.4 Å². The van der Waals surface area contributed by atoms with E-state index in [4.69, 9.17) is 13.9 Å². The molecule has 1 fully saturated rings. The summed E-state index contributed by atoms with van der Waals surface area (Å²) in [5.41, 5.74) is 1.08. The van der Waals surface area contributed by atoms with Crippen molar-refractivity contribution >= 4 is 16.9 Å². The van der Waals surface area contributed by atoms with Gasteiger partial charge in [0.25, 0.3) is 5.91 Å². The third kappa shape index (κ3) is 6.05. The smallest absolute Gasteiger partial charge is 0.336 e. The number of morpholine rings is 1. The number of hydrogen-bond donors (Lipinski definition) is 1. The van der Waals surface area contributed by atoms with Crippen molar-refractivity contribution in [3.63, 3.8) is 0 Å². The van der Waals surface area contributed by atoms with Crippen molar-refractivity contribution in [3.8, 4) is 5.75 Å². The van der Waals surface area contributed by atoms with Gasteiger partial charge in [-0.25, -0.2) is 4.79 Å². The highest BCUT2D eigenvalue weighted by Gasteiger charge is 2.16. The van der Waals surface area contributed by atoms with Crippen LogP contribution in [0.5, 0.6) is 5.75 Å². The molecular formula is C22H30N2O5. The molecule has 3 rings (SSSR count). The van der Waals surface area contributed by atoms with E-state index in [2.05, 4.69) is 17.1 Å². The van der Waals surface area contributed by atoms with Crippen molar-refractivity contribution in [3.05, 3.63) is 40.2 Å². The van der Waals surface area contributed by atoms with Crippen molar-refractivity contribution in [2.24, 2.45) is 0 Å². The number of fused-ring (bicyclic) bond motifs is 1. The second-order valence-electron chi connectivity index (χ2n) is 7.36. The van der Waals surface area contributed by atoms with Crippen molar-refractivity contribution < 1.29 is 18.7 Å². The van der Waals surface area contributed by atoms with Crippen LogP contribution < -0.4 is 15.7 Å². The van der Waals surface area contributed by atoms with E-state index in [1.807, 2.05) is 12.1 Å². The standard InChI is InChI=1S/C22H30N2O5/c1-3-5-17-14-21(25)29-20-15-18(6-7-19(17)20)28-16(2)22(26)23-8-4-9-24-10-12-27-13-11-24/h6-7,14-16H,3-5,8-13H2,1-2H3,(H,23,26). The molecular weight excluding hydrogens is 372 g/mol. The SMILES string of the molecule is CCCc1cc(=O)oc2cc(OC(C)C(=O)NCCCN3CCOCC3)ccc12. The molecule has 158 valence electrons. The highest BCUT2D eigenvalue weighted by Crippen LogP contribution is 2.24. The van der Waals surface area contributed by atoms with Crippen LogP contribution in [0.2, 0.25) is 0 Å². The highest BCUT2D eigenvalue weighted by molar-refractivity contribution is 5.83. The fourth-order valence-electron chi connectivity index (χ4n) is 3.50. The van der Waals surface area contributed by atoms with E-state index in [0.29, 0.717) is 17.9 Å². The second kappa shape index (κ2) is 10.4. The van der Waals surface area contributed by atoms with Crippen LogP contribution in [-0.4, -0.2) is 56.3 Å². The number of nitrogens with one attached hydrogen (secondary N) is 1. The number of nitrogens with zero attached hydrogens (tertiary/aromatic N) is 1. The topological polar surface area (TPSA) is 81.0 Å². The van der Waals surface area contributed by atoms with Crippen molar-refractivity contribution in [1.29, 1.82) is 0 Å². The third-order valence-electron chi connectivity index (χ3n) is 5.06. The van der Waals surface area contributed by atoms with Gasteiger partial charge in [0.15, 0.2) is 6.10 Å². The van der Waals surface area contributed by atoms with Gasteiger partial charge < -0.3 is 19.2 Å². The lowest BCUT2D eigenvalue weighted by atomic mass is 10.1. The third-order valence-corrected chi connectivity index (χ3v) is 5.06. The van der Waals surface area contributed by atoms with Crippen LogP contribution in [0.1, 0.15) is 32.3 Å². The zero-order valence-electron chi connectivity index (χ0n) is 17.2. The van der Waals surface area contributed by atoms with E-state index in [0.717, 1.165) is 63.1 Å². The largest absolute Gasteiger partial charge is 0.481 e. The Labute approximate surface area is 171 Å². The molecule has 7 heteroatoms. The minimum Gasteiger partial charge on any atom is -0.481 e. The number of amides is 1. The molecule has 1 aromatic carbocycles. The van der Waals surface area contributed by atoms with Crippen LogP contribution in [0, 0.1) is 0 Å². The van der Waals surface area contributed by atoms with Gasteiger partial charge in [0.2, 0.25) is 0 Å². The zero-order chi connectivity index (χ0) is 20.6. The summed E-state index contributed by atoms with van der Waals surface area (Å²) >= 11 is 0. The van der Waals surface area contributed by atoms with Gasteiger partial charge in [-0.3, -0.25) is 9.69 Å². The number of aryl methyl sites for hydroxylation is 1. The first-order valence-corrected chi connectivity index (χ1v) is 10.4. The van der Waals surface area contributed by atoms with Crippen LogP contribution in [0.4, 0.5) is 0 Å². The molecule has 1 aliphatic heterocycles. The summed E-state index contributed by atoms with van der Waals surface area (Å²) in [5.74, 6) is 0.346. The summed E-state index contributed by atoms with van der Waals surface area (Å²) in [6.45, 7) is 8.80. The molecule has 0 radical (unpaired) electrons. The molecule has 1 aliphatic rings. The first-order chi connectivity index (χ1) is 14.1. The van der Waals surface area contributed by atoms with Crippen molar-refractivity contribution in [1.82, 2.24) is 10.2 Å². The number of ether oxygens (including phenoxy) is 2. The van der Waals surface area contributed by atoms with E-state index in [1.54, 1.807) is 19.1 Å². The molecule has 0 saturated carbocycles. The number of benzene rings is 1. The molecule has 1 atom stereocenters. The van der Waals surface area contributed by atoms with Gasteiger partial charge in [0.05, 0.1) is 13.2 Å². The van der Waals surface area contributed by atoms with Gasteiger partial charge in [-0.2, -0.15) is 0 Å². The summed E-state index contributed by atoms with van der Waals surface area (Å²) in [6, 6.07) is 6.91. The van der Waals surface area contributed by atoms with E-state index in [1.165, 1.54) is 0 Å². The maximum Gasteiger partial charge on any atom is 0.336 e. The normalized spacial score (nSPS) is 15.9. The number of carbonyl (C=O) groups excluding carboxylic acids is 1. The molecule has 2 heterocycles. The molecule has 7 nitrogen and oxygen atoms in total. The Morgan fingerprint density at radius 3 is 2.83 bits per heavy atom. The molecule has 29 heavy (non-hydrogen) atoms. The number of hydrogen-bond acceptors (Lipinski definition) is 6. The minimum absolute atomic E-state index is 0.159. The maximum absolute atomic E-state index is 12.3. The van der Waals surface area contributed by atoms with E-state index in [-0.39, 0.29) is 11.5 Å². The molecule has 1 aromatic heterocycles. The monoisotopic (exact) mass is 402 g/mol. The van der Waals surface area contributed by atoms with E-state index in [9.17, 15) is 9.59 Å². The van der Waals surface area contributed by atoms with Crippen LogP contribution in [0.25, 0.3) is 11.0 Å². The van der Waals surface area contributed by atoms with Gasteiger partial charge in [-0.05, 0) is 44.0 Å². The minimum atomic E-state index is -0.638. The average Bonchev–Trinajstić information content (AvgIpc) is 2.71. The highest BCUT2D eigenvalue weighted by atomic mass is 16.5. The van der Waals surface area contributed by atoms with E-state index >= 15 is 0 Å². The predicted octanol–water partition coefficient (Wildman–Crippen LogP) is 2.35. The summed E-state index contributed by atoms with van der Waals surface area (Å²) < 4.78 is 16.4. The Morgan fingerprint density at radius 1 is 1.28 bits per heavy atom. The molecule has 1 unspecified atom stereocenters. The predicted molar refractivity (Wildman–Crippen MR) is 111 cm³/mol. The van der Waals surface area contributed by atoms with Crippen LogP contribution >= 0.6 is 0 Å². The second-order valence-corrected chi connectivity index (χ2v) is 7.36. The molecule has 1 amide bonds. The lowest BCUT2D eigenvalue weighted by Gasteiger charge is -2.26. The maximum atomic E-state index is 12.3. The lowest BCUT2D eigenvalue weighted by Crippen LogP contribution is -2.40. The Morgan fingerprint density at radius 2 is 2.07 bits per heavy atom. The lowest BCUT2D eigenvalue weighted by molar-refractivity contribution is -0.127. The summed E-state index contributed by atoms with van der Waals surface area (Å²) in [6.07, 6.45) is 2.01. The van der Waals surface area contributed by atoms with Crippen LogP contribution in [-0.2, 0) is 16.0 Å². The van der Waals surface area contributed by atoms with Crippen molar-refractivity contribution in [2.45, 2.75) is 39.2 Å². The van der Waals surface area contributed by atoms with Gasteiger partial charge in [-0.1, -0.05) is 13.3 Å². The Balaban J connectivity index is 1.52. The summed E-state index contributed by atoms with van der Waals surface area (Å²) in [4.78, 5) is 26.5. The van der Waals surface area contributed by atoms with Crippen LogP contribution in [0.3, 0.4) is 0 Å². The Kier molecular flexibility index (Phi) is 7.66. The fourth-order valence-corrected chi connectivity index (χ4v) is 3.50. The zero-order valence-corrected chi connectivity index (χ0v) is 17.2. The molecule has 1 saturated heterocycles. The quantitative estimate of drug-likeness (QED) is 0.512. The number of rotatable bonds is 9. The van der Waals surface area contributed by atoms with Gasteiger partial charge in [0, 0.05) is 37.2 Å². The Hall–Kier alpha value is -2.38. The van der Waals surface area contributed by atoms with Gasteiger partial charge >= 0.3 is 5.63 Å². The van der Waals surface area contributed by atoms with Gasteiger partial charge in [0.1, 0.15) is 11.3 Å². The Bertz CT molecular complexity index is 873. The molecule has 0 spiro atoms. The summed E-state index contributed by atoms with van der Waals surface area (Å²) in [5, 5.41) is 3.82. The first-order valence-electron chi connectivity index (χ1n) is 10.4.